The van der Waals surface area contributed by atoms with E-state index >= 15 is 0 Å². The Morgan fingerprint density at radius 2 is 2.21 bits per heavy atom. The molecule has 0 bridgehead atoms. The van der Waals surface area contributed by atoms with Gasteiger partial charge >= 0.3 is 0 Å². The zero-order valence-electron chi connectivity index (χ0n) is 10.8. The summed E-state index contributed by atoms with van der Waals surface area (Å²) in [4.78, 5) is 7.41. The van der Waals surface area contributed by atoms with Gasteiger partial charge in [0.05, 0.1) is 23.4 Å². The lowest BCUT2D eigenvalue weighted by atomic mass is 10.3. The molecule has 0 radical (unpaired) electrons. The molecule has 0 saturated heterocycles. The number of nitrogen functional groups attached to an aromatic ring is 1. The fourth-order valence-corrected chi connectivity index (χ4v) is 1.82. The monoisotopic (exact) mass is 257 g/mol. The third-order valence-electron chi connectivity index (χ3n) is 2.81. The number of hydrogen-bond acceptors (Lipinski definition) is 4. The molecule has 0 aliphatic carbocycles. The van der Waals surface area contributed by atoms with Crippen molar-refractivity contribution in [3.05, 3.63) is 30.6 Å². The van der Waals surface area contributed by atoms with Crippen LogP contribution in [0.3, 0.4) is 0 Å². The summed E-state index contributed by atoms with van der Waals surface area (Å²) >= 11 is 0. The van der Waals surface area contributed by atoms with Crippen molar-refractivity contribution in [2.45, 2.75) is 19.9 Å². The van der Waals surface area contributed by atoms with Gasteiger partial charge in [-0.2, -0.15) is 10.1 Å². The highest BCUT2D eigenvalue weighted by atomic mass is 16.5. The Labute approximate surface area is 110 Å². The molecule has 6 nitrogen and oxygen atoms in total. The third kappa shape index (κ3) is 2.24. The molecule has 2 aromatic heterocycles. The lowest BCUT2D eigenvalue weighted by Gasteiger charge is -2.02. The highest BCUT2D eigenvalue weighted by Crippen LogP contribution is 2.23. The number of anilines is 1. The minimum absolute atomic E-state index is 0.299. The molecule has 0 aliphatic rings. The Hall–Kier alpha value is -2.50. The summed E-state index contributed by atoms with van der Waals surface area (Å²) in [5.41, 5.74) is 8.08. The van der Waals surface area contributed by atoms with Crippen molar-refractivity contribution in [1.82, 2.24) is 19.7 Å². The van der Waals surface area contributed by atoms with Gasteiger partial charge in [-0.3, -0.25) is 4.68 Å². The predicted octanol–water partition coefficient (Wildman–Crippen LogP) is 2.71. The summed E-state index contributed by atoms with van der Waals surface area (Å²) in [5, 5.41) is 4.21. The number of H-pyrrole nitrogens is 1. The number of hydrogen-bond donors (Lipinski definition) is 2. The van der Waals surface area contributed by atoms with Gasteiger partial charge in [0.1, 0.15) is 0 Å². The first kappa shape index (κ1) is 11.6. The topological polar surface area (TPSA) is 81.8 Å². The van der Waals surface area contributed by atoms with E-state index < -0.39 is 0 Å². The van der Waals surface area contributed by atoms with Gasteiger partial charge in [-0.15, -0.1) is 0 Å². The summed E-state index contributed by atoms with van der Waals surface area (Å²) in [6, 6.07) is 6.22. The van der Waals surface area contributed by atoms with E-state index in [0.29, 0.717) is 23.5 Å². The standard InChI is InChI=1S/C13H15N5O/c1-8(2)18-7-10(6-15-18)19-13-16-11-4-3-9(14)5-12(11)17-13/h3-8H,14H2,1-2H3,(H,16,17). The summed E-state index contributed by atoms with van der Waals surface area (Å²) in [6.45, 7) is 4.11. The number of fused-ring (bicyclic) bond motifs is 1. The minimum Gasteiger partial charge on any atom is -0.422 e. The number of imidazole rings is 1. The van der Waals surface area contributed by atoms with Crippen LogP contribution in [0.25, 0.3) is 11.0 Å². The molecule has 0 saturated carbocycles. The van der Waals surface area contributed by atoms with Gasteiger partial charge in [0.15, 0.2) is 5.75 Å². The van der Waals surface area contributed by atoms with E-state index in [0.717, 1.165) is 11.0 Å². The molecule has 0 amide bonds. The molecule has 0 aliphatic heterocycles. The number of nitrogens with zero attached hydrogens (tertiary/aromatic N) is 3. The number of nitrogens with one attached hydrogen (secondary N) is 1. The van der Waals surface area contributed by atoms with Gasteiger partial charge < -0.3 is 15.5 Å². The molecular weight excluding hydrogens is 242 g/mol. The molecule has 0 spiro atoms. The molecule has 3 N–H and O–H groups in total. The van der Waals surface area contributed by atoms with Crippen LogP contribution in [0.4, 0.5) is 5.69 Å². The second kappa shape index (κ2) is 4.31. The zero-order chi connectivity index (χ0) is 13.4. The first-order valence-corrected chi connectivity index (χ1v) is 6.09. The smallest absolute Gasteiger partial charge is 0.300 e. The Kier molecular flexibility index (Phi) is 2.63. The first-order valence-electron chi connectivity index (χ1n) is 6.09. The zero-order valence-corrected chi connectivity index (χ0v) is 10.8. The van der Waals surface area contributed by atoms with Gasteiger partial charge in [0.25, 0.3) is 6.01 Å². The van der Waals surface area contributed by atoms with Crippen molar-refractivity contribution in [2.24, 2.45) is 0 Å². The number of benzene rings is 1. The van der Waals surface area contributed by atoms with Crippen LogP contribution in [-0.4, -0.2) is 19.7 Å². The van der Waals surface area contributed by atoms with Crippen LogP contribution in [0.1, 0.15) is 19.9 Å². The number of aromatic nitrogens is 4. The quantitative estimate of drug-likeness (QED) is 0.707. The second-order valence-electron chi connectivity index (χ2n) is 4.67. The first-order chi connectivity index (χ1) is 9.11. The SMILES string of the molecule is CC(C)n1cc(Oc2nc3ccc(N)cc3[nH]2)cn1. The lowest BCUT2D eigenvalue weighted by Crippen LogP contribution is -1.99. The number of rotatable bonds is 3. The van der Waals surface area contributed by atoms with E-state index in [-0.39, 0.29) is 0 Å². The Bertz CT molecular complexity index is 713. The molecule has 0 fully saturated rings. The molecule has 2 heterocycles. The average molecular weight is 257 g/mol. The fourth-order valence-electron chi connectivity index (χ4n) is 1.82. The Morgan fingerprint density at radius 3 is 2.95 bits per heavy atom. The van der Waals surface area contributed by atoms with Crippen molar-refractivity contribution >= 4 is 16.7 Å². The van der Waals surface area contributed by atoms with Crippen LogP contribution in [0, 0.1) is 0 Å². The van der Waals surface area contributed by atoms with E-state index in [9.17, 15) is 0 Å². The van der Waals surface area contributed by atoms with Gasteiger partial charge in [-0.05, 0) is 32.0 Å². The van der Waals surface area contributed by atoms with E-state index in [2.05, 4.69) is 28.9 Å². The second-order valence-corrected chi connectivity index (χ2v) is 4.67. The molecule has 3 rings (SSSR count). The van der Waals surface area contributed by atoms with Crippen LogP contribution in [0.15, 0.2) is 30.6 Å². The largest absolute Gasteiger partial charge is 0.422 e. The van der Waals surface area contributed by atoms with E-state index in [1.807, 2.05) is 29.1 Å². The van der Waals surface area contributed by atoms with Gasteiger partial charge in [0, 0.05) is 11.7 Å². The molecule has 98 valence electrons. The molecule has 0 atom stereocenters. The van der Waals surface area contributed by atoms with Crippen molar-refractivity contribution in [2.75, 3.05) is 5.73 Å². The normalized spacial score (nSPS) is 11.3. The summed E-state index contributed by atoms with van der Waals surface area (Å²) in [6.07, 6.45) is 3.51. The molecule has 1 aromatic carbocycles. The molecule has 19 heavy (non-hydrogen) atoms. The Morgan fingerprint density at radius 1 is 1.37 bits per heavy atom. The highest BCUT2D eigenvalue weighted by molar-refractivity contribution is 5.79. The fraction of sp³-hybridized carbons (Fsp3) is 0.231. The van der Waals surface area contributed by atoms with Crippen LogP contribution < -0.4 is 10.5 Å². The highest BCUT2D eigenvalue weighted by Gasteiger charge is 2.07. The van der Waals surface area contributed by atoms with Crippen molar-refractivity contribution in [3.63, 3.8) is 0 Å². The lowest BCUT2D eigenvalue weighted by molar-refractivity contribution is 0.446. The van der Waals surface area contributed by atoms with Crippen molar-refractivity contribution in [3.8, 4) is 11.8 Å². The van der Waals surface area contributed by atoms with Gasteiger partial charge in [0.2, 0.25) is 0 Å². The minimum atomic E-state index is 0.299. The maximum atomic E-state index is 5.72. The molecular formula is C13H15N5O. The van der Waals surface area contributed by atoms with Crippen LogP contribution in [0.2, 0.25) is 0 Å². The van der Waals surface area contributed by atoms with Crippen molar-refractivity contribution < 1.29 is 4.74 Å². The average Bonchev–Trinajstić information content (AvgIpc) is 2.95. The van der Waals surface area contributed by atoms with Crippen LogP contribution in [-0.2, 0) is 0 Å². The van der Waals surface area contributed by atoms with E-state index in [4.69, 9.17) is 10.5 Å². The number of ether oxygens (including phenoxy) is 1. The third-order valence-corrected chi connectivity index (χ3v) is 2.81. The predicted molar refractivity (Wildman–Crippen MR) is 73.2 cm³/mol. The summed E-state index contributed by atoms with van der Waals surface area (Å²) in [5.74, 6) is 0.653. The molecule has 3 aromatic rings. The van der Waals surface area contributed by atoms with Crippen LogP contribution >= 0.6 is 0 Å². The van der Waals surface area contributed by atoms with E-state index in [1.54, 1.807) is 6.20 Å². The number of nitrogens with two attached hydrogens (primary N) is 1. The van der Waals surface area contributed by atoms with Crippen molar-refractivity contribution in [1.29, 1.82) is 0 Å². The maximum absolute atomic E-state index is 5.72. The van der Waals surface area contributed by atoms with Gasteiger partial charge in [-0.25, -0.2) is 0 Å². The molecule has 6 heteroatoms. The molecule has 0 unspecified atom stereocenters. The number of aromatic amines is 1. The maximum Gasteiger partial charge on any atom is 0.300 e. The summed E-state index contributed by atoms with van der Waals surface area (Å²) in [7, 11) is 0. The van der Waals surface area contributed by atoms with Crippen LogP contribution in [0.5, 0.6) is 11.8 Å². The van der Waals surface area contributed by atoms with E-state index in [1.165, 1.54) is 0 Å². The van der Waals surface area contributed by atoms with Gasteiger partial charge in [-0.1, -0.05) is 0 Å². The summed E-state index contributed by atoms with van der Waals surface area (Å²) < 4.78 is 7.47. The Balaban J connectivity index is 1.87.